The highest BCUT2D eigenvalue weighted by Crippen LogP contribution is 2.33. The van der Waals surface area contributed by atoms with Crippen molar-refractivity contribution >= 4 is 11.6 Å². The molecule has 1 saturated heterocycles. The van der Waals surface area contributed by atoms with Gasteiger partial charge in [-0.05, 0) is 37.5 Å². The summed E-state index contributed by atoms with van der Waals surface area (Å²) in [7, 11) is 3.25. The molecule has 0 spiro atoms. The number of rotatable bonds is 5. The largest absolute Gasteiger partial charge is 0.497 e. The van der Waals surface area contributed by atoms with Crippen LogP contribution in [0.4, 0.5) is 5.69 Å². The molecule has 1 fully saturated rings. The second-order valence-corrected chi connectivity index (χ2v) is 6.49. The summed E-state index contributed by atoms with van der Waals surface area (Å²) in [5.74, 6) is 1.42. The van der Waals surface area contributed by atoms with Crippen molar-refractivity contribution in [3.05, 3.63) is 53.1 Å². The zero-order valence-corrected chi connectivity index (χ0v) is 15.6. The minimum Gasteiger partial charge on any atom is -0.497 e. The van der Waals surface area contributed by atoms with Crippen molar-refractivity contribution in [1.82, 2.24) is 10.9 Å². The standard InChI is InChI=1S/C20H25N3O3/c1-12-6-5-7-13(2)19(12)21-20(24)17-11-16(22-23-17)15-9-8-14(25-3)10-18(15)26-4/h5-10,16-17,22-23H,11H2,1-4H3,(H,21,24). The minimum atomic E-state index is -0.328. The highest BCUT2D eigenvalue weighted by molar-refractivity contribution is 5.96. The predicted octanol–water partition coefficient (Wildman–Crippen LogP) is 2.87. The van der Waals surface area contributed by atoms with Crippen molar-refractivity contribution in [3.8, 4) is 11.5 Å². The second-order valence-electron chi connectivity index (χ2n) is 6.49. The number of methoxy groups -OCH3 is 2. The number of carbonyl (C=O) groups is 1. The van der Waals surface area contributed by atoms with E-state index in [9.17, 15) is 4.79 Å². The van der Waals surface area contributed by atoms with Crippen molar-refractivity contribution in [1.29, 1.82) is 0 Å². The Hall–Kier alpha value is -2.57. The number of benzene rings is 2. The molecule has 0 radical (unpaired) electrons. The van der Waals surface area contributed by atoms with Crippen LogP contribution >= 0.6 is 0 Å². The number of hydrogen-bond acceptors (Lipinski definition) is 5. The normalized spacial score (nSPS) is 19.2. The number of carbonyl (C=O) groups excluding carboxylic acids is 1. The van der Waals surface area contributed by atoms with Gasteiger partial charge in [0.1, 0.15) is 17.5 Å². The van der Waals surface area contributed by atoms with Crippen LogP contribution in [0.5, 0.6) is 11.5 Å². The molecule has 26 heavy (non-hydrogen) atoms. The molecule has 0 saturated carbocycles. The van der Waals surface area contributed by atoms with Crippen LogP contribution in [-0.2, 0) is 4.79 Å². The Balaban J connectivity index is 1.71. The summed E-state index contributed by atoms with van der Waals surface area (Å²) in [6, 6.07) is 11.3. The van der Waals surface area contributed by atoms with Gasteiger partial charge in [-0.2, -0.15) is 0 Å². The predicted molar refractivity (Wildman–Crippen MR) is 102 cm³/mol. The average Bonchev–Trinajstić information content (AvgIpc) is 3.14. The molecular formula is C20H25N3O3. The molecule has 0 aromatic heterocycles. The van der Waals surface area contributed by atoms with Gasteiger partial charge in [0.2, 0.25) is 5.91 Å². The van der Waals surface area contributed by atoms with E-state index in [1.165, 1.54) is 0 Å². The lowest BCUT2D eigenvalue weighted by atomic mass is 10.00. The smallest absolute Gasteiger partial charge is 0.242 e. The first-order valence-corrected chi connectivity index (χ1v) is 8.63. The topological polar surface area (TPSA) is 71.6 Å². The SMILES string of the molecule is COc1ccc(C2CC(C(=O)Nc3c(C)cccc3C)NN2)c(OC)c1. The van der Waals surface area contributed by atoms with Gasteiger partial charge in [-0.25, -0.2) is 10.9 Å². The summed E-state index contributed by atoms with van der Waals surface area (Å²) in [5, 5.41) is 3.05. The number of anilines is 1. The number of nitrogens with one attached hydrogen (secondary N) is 3. The molecule has 6 nitrogen and oxygen atoms in total. The fourth-order valence-electron chi connectivity index (χ4n) is 3.26. The zero-order chi connectivity index (χ0) is 18.7. The molecule has 1 aliphatic rings. The third-order valence-corrected chi connectivity index (χ3v) is 4.77. The van der Waals surface area contributed by atoms with Crippen molar-refractivity contribution in [2.24, 2.45) is 0 Å². The lowest BCUT2D eigenvalue weighted by Crippen LogP contribution is -2.39. The molecule has 2 aromatic rings. The zero-order valence-electron chi connectivity index (χ0n) is 15.6. The molecule has 2 aromatic carbocycles. The Morgan fingerprint density at radius 2 is 1.81 bits per heavy atom. The minimum absolute atomic E-state index is 0.0235. The first-order valence-electron chi connectivity index (χ1n) is 8.63. The number of para-hydroxylation sites is 1. The van der Waals surface area contributed by atoms with E-state index in [4.69, 9.17) is 9.47 Å². The fraction of sp³-hybridized carbons (Fsp3) is 0.350. The van der Waals surface area contributed by atoms with E-state index in [0.717, 1.165) is 33.9 Å². The van der Waals surface area contributed by atoms with E-state index in [-0.39, 0.29) is 18.0 Å². The first-order chi connectivity index (χ1) is 12.5. The summed E-state index contributed by atoms with van der Waals surface area (Å²) in [5.41, 5.74) is 10.3. The van der Waals surface area contributed by atoms with E-state index in [2.05, 4.69) is 16.2 Å². The van der Waals surface area contributed by atoms with Gasteiger partial charge in [-0.1, -0.05) is 24.3 Å². The number of ether oxygens (including phenoxy) is 2. The molecular weight excluding hydrogens is 330 g/mol. The molecule has 2 atom stereocenters. The molecule has 2 unspecified atom stereocenters. The lowest BCUT2D eigenvalue weighted by Gasteiger charge is -2.16. The molecule has 6 heteroatoms. The van der Waals surface area contributed by atoms with E-state index in [1.807, 2.05) is 50.2 Å². The van der Waals surface area contributed by atoms with Crippen LogP contribution in [0.1, 0.15) is 29.2 Å². The molecule has 0 bridgehead atoms. The number of hydrazine groups is 1. The second kappa shape index (κ2) is 7.76. The molecule has 3 rings (SSSR count). The molecule has 138 valence electrons. The number of aryl methyl sites for hydroxylation is 2. The monoisotopic (exact) mass is 355 g/mol. The number of amides is 1. The number of hydrogen-bond donors (Lipinski definition) is 3. The fourth-order valence-corrected chi connectivity index (χ4v) is 3.26. The van der Waals surface area contributed by atoms with Crippen LogP contribution in [0.25, 0.3) is 0 Å². The third-order valence-electron chi connectivity index (χ3n) is 4.77. The van der Waals surface area contributed by atoms with E-state index in [0.29, 0.717) is 6.42 Å². The van der Waals surface area contributed by atoms with Crippen molar-refractivity contribution in [2.45, 2.75) is 32.4 Å². The summed E-state index contributed by atoms with van der Waals surface area (Å²) in [6.07, 6.45) is 0.624. The average molecular weight is 355 g/mol. The van der Waals surface area contributed by atoms with Gasteiger partial charge < -0.3 is 14.8 Å². The molecule has 3 N–H and O–H groups in total. The summed E-state index contributed by atoms with van der Waals surface area (Å²) in [4.78, 5) is 12.7. The van der Waals surface area contributed by atoms with E-state index < -0.39 is 0 Å². The van der Waals surface area contributed by atoms with Gasteiger partial charge in [0.25, 0.3) is 0 Å². The maximum absolute atomic E-state index is 12.7. The summed E-state index contributed by atoms with van der Waals surface area (Å²) < 4.78 is 10.7. The summed E-state index contributed by atoms with van der Waals surface area (Å²) in [6.45, 7) is 3.99. The van der Waals surface area contributed by atoms with Crippen LogP contribution in [-0.4, -0.2) is 26.2 Å². The Labute approximate surface area is 153 Å². The van der Waals surface area contributed by atoms with Gasteiger partial charge in [0.15, 0.2) is 0 Å². The van der Waals surface area contributed by atoms with Gasteiger partial charge >= 0.3 is 0 Å². The van der Waals surface area contributed by atoms with Crippen molar-refractivity contribution in [2.75, 3.05) is 19.5 Å². The highest BCUT2D eigenvalue weighted by Gasteiger charge is 2.32. The molecule has 1 amide bonds. The Kier molecular flexibility index (Phi) is 5.44. The van der Waals surface area contributed by atoms with Crippen LogP contribution in [0.3, 0.4) is 0 Å². The quantitative estimate of drug-likeness (QED) is 0.769. The van der Waals surface area contributed by atoms with Gasteiger partial charge in [-0.15, -0.1) is 0 Å². The van der Waals surface area contributed by atoms with Crippen LogP contribution in [0, 0.1) is 13.8 Å². The van der Waals surface area contributed by atoms with Gasteiger partial charge in [0, 0.05) is 17.3 Å². The Morgan fingerprint density at radius 3 is 2.46 bits per heavy atom. The van der Waals surface area contributed by atoms with Gasteiger partial charge in [0.05, 0.1) is 20.3 Å². The van der Waals surface area contributed by atoms with E-state index in [1.54, 1.807) is 14.2 Å². The first kappa shape index (κ1) is 18.2. The maximum Gasteiger partial charge on any atom is 0.242 e. The lowest BCUT2D eigenvalue weighted by molar-refractivity contribution is -0.117. The third kappa shape index (κ3) is 3.66. The maximum atomic E-state index is 12.7. The summed E-state index contributed by atoms with van der Waals surface area (Å²) >= 11 is 0. The van der Waals surface area contributed by atoms with Crippen molar-refractivity contribution < 1.29 is 14.3 Å². The van der Waals surface area contributed by atoms with Crippen LogP contribution < -0.4 is 25.6 Å². The molecule has 1 heterocycles. The van der Waals surface area contributed by atoms with Crippen molar-refractivity contribution in [3.63, 3.8) is 0 Å². The van der Waals surface area contributed by atoms with E-state index >= 15 is 0 Å². The van der Waals surface area contributed by atoms with Crippen LogP contribution in [0.2, 0.25) is 0 Å². The molecule has 1 aliphatic heterocycles. The highest BCUT2D eigenvalue weighted by atomic mass is 16.5. The van der Waals surface area contributed by atoms with Gasteiger partial charge in [-0.3, -0.25) is 4.79 Å². The van der Waals surface area contributed by atoms with Crippen LogP contribution in [0.15, 0.2) is 36.4 Å². The molecule has 0 aliphatic carbocycles. The Bertz CT molecular complexity index is 787. The Morgan fingerprint density at radius 1 is 1.08 bits per heavy atom.